The third-order valence-electron chi connectivity index (χ3n) is 7.89. The number of methoxy groups -OCH3 is 2. The Morgan fingerprint density at radius 3 is 2.28 bits per heavy atom. The summed E-state index contributed by atoms with van der Waals surface area (Å²) in [7, 11) is 4.37. The summed E-state index contributed by atoms with van der Waals surface area (Å²) in [5.74, 6) is -3.15. The van der Waals surface area contributed by atoms with Crippen molar-refractivity contribution in [3.63, 3.8) is 0 Å². The molecule has 1 aliphatic rings. The molecule has 3 aromatic rings. The van der Waals surface area contributed by atoms with Crippen molar-refractivity contribution >= 4 is 34.4 Å². The Labute approximate surface area is 228 Å². The van der Waals surface area contributed by atoms with Gasteiger partial charge in [-0.2, -0.15) is 0 Å². The minimum Gasteiger partial charge on any atom is -0.494 e. The number of nitrogens with one attached hydrogen (secondary N) is 2. The number of carboxylic acid groups (broad SMARTS) is 1. The first-order chi connectivity index (χ1) is 18.8. The molecule has 1 fully saturated rings. The van der Waals surface area contributed by atoms with Crippen molar-refractivity contribution in [2.45, 2.75) is 51.0 Å². The number of carbonyl (C=O) groups excluding carboxylic acids is 2. The van der Waals surface area contributed by atoms with Crippen molar-refractivity contribution in [1.82, 2.24) is 9.88 Å². The molecule has 2 unspecified atom stereocenters. The van der Waals surface area contributed by atoms with Gasteiger partial charge < -0.3 is 29.8 Å². The Balaban J connectivity index is 1.92. The number of carbonyl (C=O) groups is 3. The molecule has 4 rings (SSSR count). The van der Waals surface area contributed by atoms with Crippen LogP contribution in [0.5, 0.6) is 11.5 Å². The summed E-state index contributed by atoms with van der Waals surface area (Å²) in [4.78, 5) is 41.5. The molecule has 2 atom stereocenters. The maximum Gasteiger partial charge on any atom is 0.340 e. The summed E-state index contributed by atoms with van der Waals surface area (Å²) < 4.78 is 12.5. The van der Waals surface area contributed by atoms with Crippen LogP contribution in [0.15, 0.2) is 48.7 Å². The Bertz CT molecular complexity index is 1330. The number of carboxylic acids is 1. The van der Waals surface area contributed by atoms with Crippen LogP contribution in [0.25, 0.3) is 10.9 Å². The number of aryl methyl sites for hydroxylation is 1. The van der Waals surface area contributed by atoms with E-state index in [4.69, 9.17) is 9.47 Å². The number of aliphatic carboxylic acids is 1. The zero-order valence-corrected chi connectivity index (χ0v) is 23.0. The number of anilines is 1. The number of hydrogen-bond donors (Lipinski definition) is 3. The number of likely N-dealkylation sites (N-methyl/N-ethyl adjacent to an activating group) is 1. The Morgan fingerprint density at radius 2 is 1.69 bits per heavy atom. The SMILES string of the molecule is CNC(=O)C(C(=O)O)(C(CC1CCCCC1)C(=O)Nc1c(OC)cc(C)cc1OC)n1ccc2ccccc21. The average molecular weight is 536 g/mol. The third kappa shape index (κ3) is 5.17. The highest BCUT2D eigenvalue weighted by Crippen LogP contribution is 2.42. The Hall–Kier alpha value is -4.01. The molecule has 0 radical (unpaired) electrons. The molecular formula is C30H37N3O6. The van der Waals surface area contributed by atoms with Gasteiger partial charge in [0.15, 0.2) is 0 Å². The molecule has 1 aliphatic carbocycles. The number of ether oxygens (including phenoxy) is 2. The van der Waals surface area contributed by atoms with Crippen LogP contribution in [0.2, 0.25) is 0 Å². The van der Waals surface area contributed by atoms with Gasteiger partial charge in [-0.15, -0.1) is 0 Å². The second-order valence-corrected chi connectivity index (χ2v) is 10.2. The molecule has 9 nitrogen and oxygen atoms in total. The maximum atomic E-state index is 14.3. The molecular weight excluding hydrogens is 498 g/mol. The van der Waals surface area contributed by atoms with Gasteiger partial charge in [0.2, 0.25) is 11.4 Å². The second-order valence-electron chi connectivity index (χ2n) is 10.2. The van der Waals surface area contributed by atoms with Gasteiger partial charge in [-0.1, -0.05) is 50.3 Å². The highest BCUT2D eigenvalue weighted by Gasteiger charge is 2.58. The first-order valence-corrected chi connectivity index (χ1v) is 13.3. The Kier molecular flexibility index (Phi) is 8.47. The monoisotopic (exact) mass is 535 g/mol. The highest BCUT2D eigenvalue weighted by atomic mass is 16.5. The van der Waals surface area contributed by atoms with E-state index in [1.807, 2.05) is 19.1 Å². The van der Waals surface area contributed by atoms with Crippen molar-refractivity contribution in [3.8, 4) is 11.5 Å². The van der Waals surface area contributed by atoms with E-state index in [-0.39, 0.29) is 18.0 Å². The zero-order chi connectivity index (χ0) is 28.2. The van der Waals surface area contributed by atoms with Crippen molar-refractivity contribution in [2.24, 2.45) is 11.8 Å². The van der Waals surface area contributed by atoms with Crippen molar-refractivity contribution < 1.29 is 29.0 Å². The molecule has 0 spiro atoms. The summed E-state index contributed by atoms with van der Waals surface area (Å²) in [5.41, 5.74) is -0.539. The third-order valence-corrected chi connectivity index (χ3v) is 7.89. The number of rotatable bonds is 10. The van der Waals surface area contributed by atoms with Crippen molar-refractivity contribution in [2.75, 3.05) is 26.6 Å². The summed E-state index contributed by atoms with van der Waals surface area (Å²) in [5, 5.41) is 17.1. The lowest BCUT2D eigenvalue weighted by Crippen LogP contribution is -2.61. The molecule has 1 saturated carbocycles. The van der Waals surface area contributed by atoms with Gasteiger partial charge >= 0.3 is 5.97 Å². The van der Waals surface area contributed by atoms with Crippen LogP contribution in [0.1, 0.15) is 44.1 Å². The molecule has 9 heteroatoms. The fourth-order valence-corrected chi connectivity index (χ4v) is 5.97. The van der Waals surface area contributed by atoms with Crippen molar-refractivity contribution in [3.05, 3.63) is 54.2 Å². The van der Waals surface area contributed by atoms with Crippen LogP contribution in [-0.4, -0.2) is 48.7 Å². The van der Waals surface area contributed by atoms with Gasteiger partial charge in [0, 0.05) is 18.8 Å². The van der Waals surface area contributed by atoms with Crippen LogP contribution in [0.3, 0.4) is 0 Å². The summed E-state index contributed by atoms with van der Waals surface area (Å²) in [6, 6.07) is 12.5. The topological polar surface area (TPSA) is 119 Å². The maximum absolute atomic E-state index is 14.3. The van der Waals surface area contributed by atoms with Crippen LogP contribution in [0.4, 0.5) is 5.69 Å². The predicted octanol–water partition coefficient (Wildman–Crippen LogP) is 4.72. The molecule has 1 aromatic heterocycles. The number of amides is 2. The number of benzene rings is 2. The molecule has 39 heavy (non-hydrogen) atoms. The van der Waals surface area contributed by atoms with E-state index in [1.54, 1.807) is 36.5 Å². The fourth-order valence-electron chi connectivity index (χ4n) is 5.97. The molecule has 3 N–H and O–H groups in total. The van der Waals surface area contributed by atoms with E-state index < -0.39 is 29.2 Å². The lowest BCUT2D eigenvalue weighted by molar-refractivity contribution is -0.161. The second kappa shape index (κ2) is 11.8. The molecule has 208 valence electrons. The van der Waals surface area contributed by atoms with E-state index in [9.17, 15) is 19.5 Å². The van der Waals surface area contributed by atoms with E-state index in [0.29, 0.717) is 17.0 Å². The fraction of sp³-hybridized carbons (Fsp3) is 0.433. The number of nitrogens with zero attached hydrogens (tertiary/aromatic N) is 1. The molecule has 2 aromatic carbocycles. The predicted molar refractivity (Wildman–Crippen MR) is 149 cm³/mol. The highest BCUT2D eigenvalue weighted by molar-refractivity contribution is 6.11. The zero-order valence-electron chi connectivity index (χ0n) is 23.0. The number of para-hydroxylation sites is 1. The van der Waals surface area contributed by atoms with Crippen LogP contribution in [-0.2, 0) is 19.9 Å². The van der Waals surface area contributed by atoms with Gasteiger partial charge in [0.05, 0.1) is 20.1 Å². The summed E-state index contributed by atoms with van der Waals surface area (Å²) in [6.07, 6.45) is 6.67. The molecule has 0 aliphatic heterocycles. The molecule has 0 bridgehead atoms. The summed E-state index contributed by atoms with van der Waals surface area (Å²) >= 11 is 0. The molecule has 1 heterocycles. The van der Waals surface area contributed by atoms with Crippen LogP contribution in [0, 0.1) is 18.8 Å². The first kappa shape index (κ1) is 28.0. The van der Waals surface area contributed by atoms with Gasteiger partial charge in [0.25, 0.3) is 5.91 Å². The van der Waals surface area contributed by atoms with Gasteiger partial charge in [-0.3, -0.25) is 9.59 Å². The smallest absolute Gasteiger partial charge is 0.340 e. The average Bonchev–Trinajstić information content (AvgIpc) is 3.38. The van der Waals surface area contributed by atoms with Crippen LogP contribution >= 0.6 is 0 Å². The molecule has 2 amide bonds. The Morgan fingerprint density at radius 1 is 1.05 bits per heavy atom. The minimum absolute atomic E-state index is 0.0986. The van der Waals surface area contributed by atoms with Gasteiger partial charge in [-0.05, 0) is 54.5 Å². The number of aromatic nitrogens is 1. The van der Waals surface area contributed by atoms with Gasteiger partial charge in [0.1, 0.15) is 17.2 Å². The number of hydrogen-bond acceptors (Lipinski definition) is 5. The standard InChI is InChI=1S/C30H37N3O6/c1-19-16-24(38-3)26(25(17-19)39-4)32-27(34)22(18-20-10-6-5-7-11-20)30(29(36)37,28(35)31-2)33-15-14-21-12-8-9-13-23(21)33/h8-9,12-17,20,22H,5-7,10-11,18H2,1-4H3,(H,31,35)(H,32,34)(H,36,37). The molecule has 0 saturated heterocycles. The van der Waals surface area contributed by atoms with Crippen molar-refractivity contribution in [1.29, 1.82) is 0 Å². The summed E-state index contributed by atoms with van der Waals surface area (Å²) in [6.45, 7) is 1.88. The van der Waals surface area contributed by atoms with E-state index in [2.05, 4.69) is 10.6 Å². The minimum atomic E-state index is -2.25. The van der Waals surface area contributed by atoms with E-state index in [1.165, 1.54) is 25.8 Å². The van der Waals surface area contributed by atoms with E-state index in [0.717, 1.165) is 43.1 Å². The first-order valence-electron chi connectivity index (χ1n) is 13.3. The largest absolute Gasteiger partial charge is 0.494 e. The van der Waals surface area contributed by atoms with Gasteiger partial charge in [-0.25, -0.2) is 4.79 Å². The van der Waals surface area contributed by atoms with Crippen LogP contribution < -0.4 is 20.1 Å². The lowest BCUT2D eigenvalue weighted by Gasteiger charge is -2.38. The lowest BCUT2D eigenvalue weighted by atomic mass is 9.73. The normalized spacial score (nSPS) is 16.2. The number of fused-ring (bicyclic) bond motifs is 1. The van der Waals surface area contributed by atoms with E-state index >= 15 is 0 Å². The quantitative estimate of drug-likeness (QED) is 0.323.